The van der Waals surface area contributed by atoms with Gasteiger partial charge in [-0.3, -0.25) is 9.79 Å². The highest BCUT2D eigenvalue weighted by molar-refractivity contribution is 6.04. The predicted octanol–water partition coefficient (Wildman–Crippen LogP) is 4.28. The lowest BCUT2D eigenvalue weighted by Crippen LogP contribution is -2.20. The second kappa shape index (κ2) is 8.67. The highest BCUT2D eigenvalue weighted by Crippen LogP contribution is 2.19. The van der Waals surface area contributed by atoms with E-state index < -0.39 is 0 Å². The summed E-state index contributed by atoms with van der Waals surface area (Å²) in [5, 5.41) is 2.89. The van der Waals surface area contributed by atoms with Crippen molar-refractivity contribution in [2.24, 2.45) is 4.99 Å². The minimum Gasteiger partial charge on any atom is -0.333 e. The summed E-state index contributed by atoms with van der Waals surface area (Å²) in [4.78, 5) is 18.5. The highest BCUT2D eigenvalue weighted by Gasteiger charge is 2.10. The van der Waals surface area contributed by atoms with Crippen molar-refractivity contribution in [3.8, 4) is 0 Å². The normalized spacial score (nSPS) is 11.5. The van der Waals surface area contributed by atoms with E-state index in [9.17, 15) is 4.79 Å². The molecule has 1 N–H and O–H groups in total. The number of anilines is 1. The van der Waals surface area contributed by atoms with Crippen LogP contribution in [-0.4, -0.2) is 30.7 Å². The Balaban J connectivity index is 2.16. The zero-order chi connectivity index (χ0) is 17.4. The largest absolute Gasteiger partial charge is 0.333 e. The maximum absolute atomic E-state index is 12.3. The summed E-state index contributed by atoms with van der Waals surface area (Å²) in [5.41, 5.74) is 3.54. The van der Waals surface area contributed by atoms with Crippen molar-refractivity contribution in [2.75, 3.05) is 18.9 Å². The number of para-hydroxylation sites is 1. The Morgan fingerprint density at radius 1 is 1.08 bits per heavy atom. The van der Waals surface area contributed by atoms with Crippen LogP contribution in [0.5, 0.6) is 0 Å². The summed E-state index contributed by atoms with van der Waals surface area (Å²) in [5.74, 6) is -0.114. The van der Waals surface area contributed by atoms with E-state index in [0.717, 1.165) is 23.5 Å². The van der Waals surface area contributed by atoms with Gasteiger partial charge in [0, 0.05) is 30.5 Å². The van der Waals surface area contributed by atoms with Crippen LogP contribution in [-0.2, 0) is 0 Å². The fraction of sp³-hybridized carbons (Fsp3) is 0.200. The second-order valence-corrected chi connectivity index (χ2v) is 5.23. The van der Waals surface area contributed by atoms with Crippen LogP contribution in [0, 0.1) is 0 Å². The van der Waals surface area contributed by atoms with E-state index in [-0.39, 0.29) is 5.91 Å². The molecule has 0 spiro atoms. The third-order valence-corrected chi connectivity index (χ3v) is 3.65. The van der Waals surface area contributed by atoms with Crippen LogP contribution in [0.1, 0.15) is 29.8 Å². The van der Waals surface area contributed by atoms with Crippen molar-refractivity contribution in [3.05, 3.63) is 71.8 Å². The van der Waals surface area contributed by atoms with Gasteiger partial charge in [-0.2, -0.15) is 0 Å². The summed E-state index contributed by atoms with van der Waals surface area (Å²) in [7, 11) is 1.76. The van der Waals surface area contributed by atoms with Gasteiger partial charge >= 0.3 is 0 Å². The molecule has 0 aliphatic carbocycles. The summed E-state index contributed by atoms with van der Waals surface area (Å²) in [6.45, 7) is 4.90. The number of rotatable bonds is 6. The minimum atomic E-state index is -0.114. The molecule has 0 bridgehead atoms. The molecule has 4 nitrogen and oxygen atoms in total. The molecule has 2 aromatic carbocycles. The van der Waals surface area contributed by atoms with Crippen molar-refractivity contribution in [2.45, 2.75) is 13.8 Å². The Kier molecular flexibility index (Phi) is 6.32. The lowest BCUT2D eigenvalue weighted by molar-refractivity contribution is 0.102. The fourth-order valence-electron chi connectivity index (χ4n) is 2.47. The number of carbonyl (C=O) groups excluding carboxylic acids is 1. The molecule has 0 saturated carbocycles. The van der Waals surface area contributed by atoms with Gasteiger partial charge in [-0.05, 0) is 43.7 Å². The van der Waals surface area contributed by atoms with Crippen molar-refractivity contribution in [1.82, 2.24) is 4.90 Å². The second-order valence-electron chi connectivity index (χ2n) is 5.23. The smallest absolute Gasteiger partial charge is 0.255 e. The Morgan fingerprint density at radius 2 is 1.71 bits per heavy atom. The molecule has 1 amide bonds. The SMILES string of the molecule is C/C=C(/c1ccc(C(=O)Nc2ccccc2)cc1)N(C=NC)CC. The Morgan fingerprint density at radius 3 is 2.25 bits per heavy atom. The molecular weight excluding hydrogens is 298 g/mol. The van der Waals surface area contributed by atoms with E-state index in [1.165, 1.54) is 0 Å². The van der Waals surface area contributed by atoms with E-state index in [4.69, 9.17) is 0 Å². The van der Waals surface area contributed by atoms with Crippen LogP contribution >= 0.6 is 0 Å². The van der Waals surface area contributed by atoms with Crippen LogP contribution in [0.3, 0.4) is 0 Å². The van der Waals surface area contributed by atoms with Crippen LogP contribution in [0.25, 0.3) is 5.70 Å². The van der Waals surface area contributed by atoms with Gasteiger partial charge < -0.3 is 10.2 Å². The molecule has 124 valence electrons. The van der Waals surface area contributed by atoms with Crippen molar-refractivity contribution < 1.29 is 4.79 Å². The molecular formula is C20H23N3O. The maximum Gasteiger partial charge on any atom is 0.255 e. The Hall–Kier alpha value is -2.88. The first-order chi connectivity index (χ1) is 11.7. The Labute approximate surface area is 143 Å². The molecule has 0 heterocycles. The first kappa shape index (κ1) is 17.5. The number of aliphatic imine (C=N–C) groups is 1. The van der Waals surface area contributed by atoms with Crippen LogP contribution in [0.15, 0.2) is 65.7 Å². The Bertz CT molecular complexity index is 718. The van der Waals surface area contributed by atoms with Crippen molar-refractivity contribution in [1.29, 1.82) is 0 Å². The summed E-state index contributed by atoms with van der Waals surface area (Å²) < 4.78 is 0. The van der Waals surface area contributed by atoms with E-state index in [1.807, 2.05) is 73.9 Å². The predicted molar refractivity (Wildman–Crippen MR) is 101 cm³/mol. The summed E-state index contributed by atoms with van der Waals surface area (Å²) in [6.07, 6.45) is 3.86. The van der Waals surface area contributed by atoms with Gasteiger partial charge in [-0.15, -0.1) is 0 Å². The van der Waals surface area contributed by atoms with E-state index in [2.05, 4.69) is 22.1 Å². The van der Waals surface area contributed by atoms with Crippen LogP contribution < -0.4 is 5.32 Å². The molecule has 0 aliphatic rings. The van der Waals surface area contributed by atoms with Crippen molar-refractivity contribution in [3.63, 3.8) is 0 Å². The van der Waals surface area contributed by atoms with Gasteiger partial charge in [0.15, 0.2) is 0 Å². The quantitative estimate of drug-likeness (QED) is 0.637. The molecule has 4 heteroatoms. The first-order valence-corrected chi connectivity index (χ1v) is 8.01. The molecule has 0 aromatic heterocycles. The average molecular weight is 321 g/mol. The van der Waals surface area contributed by atoms with Gasteiger partial charge in [0.2, 0.25) is 0 Å². The molecule has 0 unspecified atom stereocenters. The molecule has 0 aliphatic heterocycles. The fourth-order valence-corrected chi connectivity index (χ4v) is 2.47. The van der Waals surface area contributed by atoms with E-state index in [0.29, 0.717) is 5.56 Å². The van der Waals surface area contributed by atoms with Gasteiger partial charge in [-0.25, -0.2) is 0 Å². The molecule has 0 radical (unpaired) electrons. The third-order valence-electron chi connectivity index (χ3n) is 3.65. The zero-order valence-corrected chi connectivity index (χ0v) is 14.4. The van der Waals surface area contributed by atoms with Crippen LogP contribution in [0.2, 0.25) is 0 Å². The van der Waals surface area contributed by atoms with Gasteiger partial charge in [0.1, 0.15) is 0 Å². The molecule has 0 fully saturated rings. The summed E-state index contributed by atoms with van der Waals surface area (Å²) in [6, 6.07) is 17.0. The van der Waals surface area contributed by atoms with Gasteiger partial charge in [0.25, 0.3) is 5.91 Å². The molecule has 0 saturated heterocycles. The molecule has 2 rings (SSSR count). The minimum absolute atomic E-state index is 0.114. The van der Waals surface area contributed by atoms with E-state index >= 15 is 0 Å². The number of amides is 1. The number of nitrogens with one attached hydrogen (secondary N) is 1. The monoisotopic (exact) mass is 321 g/mol. The number of benzene rings is 2. The maximum atomic E-state index is 12.3. The lowest BCUT2D eigenvalue weighted by atomic mass is 10.1. The number of hydrogen-bond acceptors (Lipinski definition) is 2. The number of nitrogens with zero attached hydrogens (tertiary/aromatic N) is 2. The first-order valence-electron chi connectivity index (χ1n) is 8.01. The van der Waals surface area contributed by atoms with Crippen LogP contribution in [0.4, 0.5) is 5.69 Å². The van der Waals surface area contributed by atoms with Gasteiger partial charge in [0.05, 0.1) is 6.34 Å². The topological polar surface area (TPSA) is 44.7 Å². The van der Waals surface area contributed by atoms with E-state index in [1.54, 1.807) is 7.05 Å². The number of allylic oxidation sites excluding steroid dienone is 1. The molecule has 24 heavy (non-hydrogen) atoms. The average Bonchev–Trinajstić information content (AvgIpc) is 2.63. The standard InChI is InChI=1S/C20H23N3O/c1-4-19(23(5-2)15-21-3)16-11-13-17(14-12-16)20(24)22-18-9-7-6-8-10-18/h4,6-15H,5H2,1-3H3,(H,22,24)/b19-4-,21-15?. The molecule has 0 atom stereocenters. The lowest BCUT2D eigenvalue weighted by Gasteiger charge is -2.21. The zero-order valence-electron chi connectivity index (χ0n) is 14.4. The number of carbonyl (C=O) groups is 1. The third kappa shape index (κ3) is 4.32. The van der Waals surface area contributed by atoms with Crippen molar-refractivity contribution >= 4 is 23.6 Å². The highest BCUT2D eigenvalue weighted by atomic mass is 16.1. The summed E-state index contributed by atoms with van der Waals surface area (Å²) >= 11 is 0. The number of hydrogen-bond donors (Lipinski definition) is 1. The molecule has 2 aromatic rings. The van der Waals surface area contributed by atoms with Gasteiger partial charge in [-0.1, -0.05) is 36.4 Å².